The highest BCUT2D eigenvalue weighted by molar-refractivity contribution is 9.10. The van der Waals surface area contributed by atoms with E-state index in [1.807, 2.05) is 18.3 Å². The molecule has 1 aromatic carbocycles. The Morgan fingerprint density at radius 1 is 1.28 bits per heavy atom. The number of benzene rings is 1. The van der Waals surface area contributed by atoms with Gasteiger partial charge in [-0.1, -0.05) is 15.9 Å². The lowest BCUT2D eigenvalue weighted by Gasteiger charge is -2.19. The monoisotopic (exact) mass is 309 g/mol. The van der Waals surface area contributed by atoms with Gasteiger partial charge in [-0.25, -0.2) is 9.97 Å². The molecule has 0 bridgehead atoms. The molecule has 1 heterocycles. The van der Waals surface area contributed by atoms with E-state index in [1.54, 1.807) is 7.11 Å². The molecule has 1 aromatic heterocycles. The lowest BCUT2D eigenvalue weighted by Crippen LogP contribution is -2.24. The summed E-state index contributed by atoms with van der Waals surface area (Å²) in [6.45, 7) is 5.96. The molecule has 96 valence electrons. The second-order valence-corrected chi connectivity index (χ2v) is 4.71. The van der Waals surface area contributed by atoms with Crippen molar-refractivity contribution in [3.8, 4) is 5.75 Å². The molecule has 0 N–H and O–H groups in total. The Bertz CT molecular complexity index is 555. The summed E-state index contributed by atoms with van der Waals surface area (Å²) < 4.78 is 6.33. The maximum absolute atomic E-state index is 5.35. The molecule has 0 aliphatic rings. The number of rotatable bonds is 4. The predicted octanol–water partition coefficient (Wildman–Crippen LogP) is 3.25. The molecule has 0 radical (unpaired) electrons. The van der Waals surface area contributed by atoms with Crippen molar-refractivity contribution in [2.24, 2.45) is 0 Å². The zero-order valence-electron chi connectivity index (χ0n) is 10.8. The molecular weight excluding hydrogens is 294 g/mol. The van der Waals surface area contributed by atoms with Gasteiger partial charge < -0.3 is 9.64 Å². The van der Waals surface area contributed by atoms with Gasteiger partial charge in [-0.2, -0.15) is 0 Å². The van der Waals surface area contributed by atoms with Gasteiger partial charge in [0.2, 0.25) is 5.95 Å². The number of hydrogen-bond acceptors (Lipinski definition) is 4. The number of anilines is 1. The first-order valence-corrected chi connectivity index (χ1v) is 6.74. The van der Waals surface area contributed by atoms with Crippen molar-refractivity contribution in [2.75, 3.05) is 25.1 Å². The highest BCUT2D eigenvalue weighted by atomic mass is 79.9. The van der Waals surface area contributed by atoms with Crippen LogP contribution in [0.15, 0.2) is 22.8 Å². The molecule has 0 saturated heterocycles. The van der Waals surface area contributed by atoms with Crippen LogP contribution in [0.25, 0.3) is 10.9 Å². The SMILES string of the molecule is CCN(CC)c1ncc2c(Br)ccc(OC)c2n1. The zero-order valence-corrected chi connectivity index (χ0v) is 12.4. The van der Waals surface area contributed by atoms with Crippen LogP contribution >= 0.6 is 15.9 Å². The summed E-state index contributed by atoms with van der Waals surface area (Å²) in [6.07, 6.45) is 1.84. The fraction of sp³-hybridized carbons (Fsp3) is 0.385. The maximum atomic E-state index is 5.35. The standard InChI is InChI=1S/C13H16BrN3O/c1-4-17(5-2)13-15-8-9-10(14)6-7-11(18-3)12(9)16-13/h6-8H,4-5H2,1-3H3. The summed E-state index contributed by atoms with van der Waals surface area (Å²) in [5.41, 5.74) is 0.837. The maximum Gasteiger partial charge on any atom is 0.225 e. The molecule has 0 fully saturated rings. The molecule has 18 heavy (non-hydrogen) atoms. The van der Waals surface area contributed by atoms with Crippen molar-refractivity contribution in [3.05, 3.63) is 22.8 Å². The topological polar surface area (TPSA) is 38.2 Å². The fourth-order valence-electron chi connectivity index (χ4n) is 1.88. The Morgan fingerprint density at radius 2 is 2.00 bits per heavy atom. The van der Waals surface area contributed by atoms with Crippen molar-refractivity contribution in [2.45, 2.75) is 13.8 Å². The normalized spacial score (nSPS) is 10.7. The highest BCUT2D eigenvalue weighted by Gasteiger charge is 2.11. The second kappa shape index (κ2) is 5.52. The van der Waals surface area contributed by atoms with Gasteiger partial charge in [-0.15, -0.1) is 0 Å². The smallest absolute Gasteiger partial charge is 0.225 e. The van der Waals surface area contributed by atoms with Crippen LogP contribution in [0.5, 0.6) is 5.75 Å². The van der Waals surface area contributed by atoms with Crippen molar-refractivity contribution >= 4 is 32.8 Å². The van der Waals surface area contributed by atoms with Crippen LogP contribution in [0, 0.1) is 0 Å². The third-order valence-corrected chi connectivity index (χ3v) is 3.61. The van der Waals surface area contributed by atoms with Crippen LogP contribution in [0.3, 0.4) is 0 Å². The molecule has 5 heteroatoms. The summed E-state index contributed by atoms with van der Waals surface area (Å²) in [4.78, 5) is 11.1. The van der Waals surface area contributed by atoms with E-state index >= 15 is 0 Å². The van der Waals surface area contributed by atoms with Gasteiger partial charge in [-0.05, 0) is 26.0 Å². The van der Waals surface area contributed by atoms with Gasteiger partial charge in [-0.3, -0.25) is 0 Å². The van der Waals surface area contributed by atoms with Gasteiger partial charge in [0.15, 0.2) is 0 Å². The summed E-state index contributed by atoms with van der Waals surface area (Å²) in [7, 11) is 1.65. The minimum absolute atomic E-state index is 0.740. The van der Waals surface area contributed by atoms with Gasteiger partial charge in [0.25, 0.3) is 0 Å². The van der Waals surface area contributed by atoms with Crippen molar-refractivity contribution in [1.29, 1.82) is 0 Å². The third-order valence-electron chi connectivity index (χ3n) is 2.91. The van der Waals surface area contributed by atoms with Gasteiger partial charge in [0.05, 0.1) is 7.11 Å². The Hall–Kier alpha value is -1.36. The summed E-state index contributed by atoms with van der Waals surface area (Å²) in [5.74, 6) is 1.51. The van der Waals surface area contributed by atoms with Crippen molar-refractivity contribution in [1.82, 2.24) is 9.97 Å². The highest BCUT2D eigenvalue weighted by Crippen LogP contribution is 2.30. The minimum Gasteiger partial charge on any atom is -0.494 e. The first-order chi connectivity index (χ1) is 8.71. The number of fused-ring (bicyclic) bond motifs is 1. The van der Waals surface area contributed by atoms with E-state index in [-0.39, 0.29) is 0 Å². The van der Waals surface area contributed by atoms with E-state index in [4.69, 9.17) is 4.74 Å². The Morgan fingerprint density at radius 3 is 2.61 bits per heavy atom. The van der Waals surface area contributed by atoms with Crippen molar-refractivity contribution < 1.29 is 4.74 Å². The Kier molecular flexibility index (Phi) is 4.01. The molecule has 0 aliphatic heterocycles. The van der Waals surface area contributed by atoms with Gasteiger partial charge in [0, 0.05) is 29.1 Å². The van der Waals surface area contributed by atoms with E-state index in [0.717, 1.165) is 40.2 Å². The van der Waals surface area contributed by atoms with Crippen LogP contribution in [0.1, 0.15) is 13.8 Å². The lowest BCUT2D eigenvalue weighted by atomic mass is 10.2. The average molecular weight is 310 g/mol. The zero-order chi connectivity index (χ0) is 13.1. The summed E-state index contributed by atoms with van der Waals surface area (Å²) in [6, 6.07) is 3.85. The first-order valence-electron chi connectivity index (χ1n) is 5.95. The number of halogens is 1. The van der Waals surface area contributed by atoms with E-state index in [2.05, 4.69) is 44.6 Å². The number of nitrogens with zero attached hydrogens (tertiary/aromatic N) is 3. The van der Waals surface area contributed by atoms with Gasteiger partial charge >= 0.3 is 0 Å². The van der Waals surface area contributed by atoms with Crippen molar-refractivity contribution in [3.63, 3.8) is 0 Å². The van der Waals surface area contributed by atoms with Crippen LogP contribution < -0.4 is 9.64 Å². The minimum atomic E-state index is 0.740. The first kappa shape index (κ1) is 13.1. The molecule has 0 amide bonds. The molecule has 0 spiro atoms. The van der Waals surface area contributed by atoms with E-state index in [9.17, 15) is 0 Å². The predicted molar refractivity (Wildman–Crippen MR) is 77.4 cm³/mol. The molecule has 2 rings (SSSR count). The van der Waals surface area contributed by atoms with Gasteiger partial charge in [0.1, 0.15) is 11.3 Å². The number of aromatic nitrogens is 2. The molecule has 4 nitrogen and oxygen atoms in total. The largest absolute Gasteiger partial charge is 0.494 e. The van der Waals surface area contributed by atoms with E-state index < -0.39 is 0 Å². The molecule has 0 aliphatic carbocycles. The molecular formula is C13H16BrN3O. The quantitative estimate of drug-likeness (QED) is 0.869. The van der Waals surface area contributed by atoms with Crippen LogP contribution in [0.4, 0.5) is 5.95 Å². The lowest BCUT2D eigenvalue weighted by molar-refractivity contribution is 0.419. The number of methoxy groups -OCH3 is 1. The second-order valence-electron chi connectivity index (χ2n) is 3.85. The van der Waals surface area contributed by atoms with Crippen LogP contribution in [-0.4, -0.2) is 30.2 Å². The molecule has 0 atom stereocenters. The molecule has 0 saturated carbocycles. The Labute approximate surface area is 115 Å². The average Bonchev–Trinajstić information content (AvgIpc) is 2.41. The van der Waals surface area contributed by atoms with Crippen LogP contribution in [0.2, 0.25) is 0 Å². The Balaban J connectivity index is 2.62. The number of hydrogen-bond donors (Lipinski definition) is 0. The fourth-order valence-corrected chi connectivity index (χ4v) is 2.30. The number of ether oxygens (including phenoxy) is 1. The molecule has 2 aromatic rings. The van der Waals surface area contributed by atoms with E-state index in [1.165, 1.54) is 0 Å². The van der Waals surface area contributed by atoms with Crippen LogP contribution in [-0.2, 0) is 0 Å². The third kappa shape index (κ3) is 2.27. The molecule has 0 unspecified atom stereocenters. The summed E-state index contributed by atoms with van der Waals surface area (Å²) in [5, 5.41) is 0.963. The van der Waals surface area contributed by atoms with E-state index in [0.29, 0.717) is 0 Å². The summed E-state index contributed by atoms with van der Waals surface area (Å²) >= 11 is 3.51.